The molecule has 3 aromatic carbocycles. The highest BCUT2D eigenvalue weighted by Gasteiger charge is 2.02. The summed E-state index contributed by atoms with van der Waals surface area (Å²) in [5.41, 5.74) is 10.2. The molecule has 3 nitrogen and oxygen atoms in total. The molecule has 2 N–H and O–H groups in total. The van der Waals surface area contributed by atoms with Gasteiger partial charge >= 0.3 is 0 Å². The average Bonchev–Trinajstić information content (AvgIpc) is 2.66. The molecule has 0 radical (unpaired) electrons. The minimum absolute atomic E-state index is 0.280. The Kier molecular flexibility index (Phi) is 6.00. The molecule has 26 heavy (non-hydrogen) atoms. The summed E-state index contributed by atoms with van der Waals surface area (Å²) in [5.74, 6) is 1.02. The van der Waals surface area contributed by atoms with E-state index in [9.17, 15) is 4.39 Å². The highest BCUT2D eigenvalue weighted by atomic mass is 19.1. The zero-order valence-electron chi connectivity index (χ0n) is 14.7. The number of nitrogens with two attached hydrogens (primary N) is 1. The molecule has 4 heteroatoms. The minimum Gasteiger partial charge on any atom is -0.457 e. The van der Waals surface area contributed by atoms with Crippen molar-refractivity contribution in [1.82, 2.24) is 0 Å². The van der Waals surface area contributed by atoms with Crippen molar-refractivity contribution in [3.05, 3.63) is 94.8 Å². The van der Waals surface area contributed by atoms with Crippen LogP contribution in [0.1, 0.15) is 22.3 Å². The highest BCUT2D eigenvalue weighted by Crippen LogP contribution is 2.22. The topological polar surface area (TPSA) is 44.5 Å². The van der Waals surface area contributed by atoms with E-state index >= 15 is 0 Å². The molecule has 134 valence electrons. The highest BCUT2D eigenvalue weighted by molar-refractivity contribution is 5.33. The van der Waals surface area contributed by atoms with E-state index in [-0.39, 0.29) is 5.82 Å². The summed E-state index contributed by atoms with van der Waals surface area (Å²) in [6.07, 6.45) is 0. The molecular weight excluding hydrogens is 329 g/mol. The second-order valence-electron chi connectivity index (χ2n) is 6.16. The third-order valence-corrected chi connectivity index (χ3v) is 4.15. The Labute approximate surface area is 153 Å². The van der Waals surface area contributed by atoms with Gasteiger partial charge in [0, 0.05) is 6.54 Å². The van der Waals surface area contributed by atoms with Gasteiger partial charge in [-0.05, 0) is 65.6 Å². The third-order valence-electron chi connectivity index (χ3n) is 4.15. The fourth-order valence-corrected chi connectivity index (χ4v) is 2.58. The number of rotatable bonds is 7. The third kappa shape index (κ3) is 4.91. The van der Waals surface area contributed by atoms with E-state index in [1.54, 1.807) is 12.1 Å². The maximum Gasteiger partial charge on any atom is 0.127 e. The summed E-state index contributed by atoms with van der Waals surface area (Å²) >= 11 is 0. The summed E-state index contributed by atoms with van der Waals surface area (Å²) < 4.78 is 24.4. The molecule has 0 aliphatic heterocycles. The van der Waals surface area contributed by atoms with Gasteiger partial charge in [0.25, 0.3) is 0 Å². The lowest BCUT2D eigenvalue weighted by atomic mass is 10.1. The number of halogens is 1. The number of benzene rings is 3. The summed E-state index contributed by atoms with van der Waals surface area (Å²) in [7, 11) is 0. The lowest BCUT2D eigenvalue weighted by Crippen LogP contribution is -2.01. The van der Waals surface area contributed by atoms with Crippen LogP contribution in [0.3, 0.4) is 0 Å². The zero-order valence-corrected chi connectivity index (χ0v) is 14.7. The van der Waals surface area contributed by atoms with E-state index in [1.807, 2.05) is 30.3 Å². The first-order valence-electron chi connectivity index (χ1n) is 8.52. The molecular formula is C22H22FNO2. The molecule has 0 atom stereocenters. The Hall–Kier alpha value is -2.69. The first kappa shape index (κ1) is 18.1. The van der Waals surface area contributed by atoms with E-state index in [4.69, 9.17) is 15.2 Å². The van der Waals surface area contributed by atoms with Crippen molar-refractivity contribution in [3.8, 4) is 11.5 Å². The van der Waals surface area contributed by atoms with Gasteiger partial charge in [-0.2, -0.15) is 0 Å². The first-order valence-corrected chi connectivity index (χ1v) is 8.52. The van der Waals surface area contributed by atoms with E-state index in [2.05, 4.69) is 19.1 Å². The number of aryl methyl sites for hydroxylation is 1. The molecule has 0 aromatic heterocycles. The minimum atomic E-state index is -0.280. The molecule has 0 fully saturated rings. The number of ether oxygens (including phenoxy) is 2. The smallest absolute Gasteiger partial charge is 0.127 e. The van der Waals surface area contributed by atoms with Gasteiger partial charge in [0.05, 0.1) is 13.2 Å². The summed E-state index contributed by atoms with van der Waals surface area (Å²) in [6.45, 7) is 3.67. The maximum atomic E-state index is 12.9. The SMILES string of the molecule is Cc1ccc(CN)cc1COCc1ccc(Oc2ccc(F)cc2)cc1. The standard InChI is InChI=1S/C22H22FNO2/c1-16-2-3-18(13-24)12-19(16)15-25-14-17-4-8-21(9-5-17)26-22-10-6-20(23)7-11-22/h2-12H,13-15,24H2,1H3. The second kappa shape index (κ2) is 8.61. The second-order valence-corrected chi connectivity index (χ2v) is 6.16. The quantitative estimate of drug-likeness (QED) is 0.644. The zero-order chi connectivity index (χ0) is 18.4. The lowest BCUT2D eigenvalue weighted by Gasteiger charge is -2.10. The van der Waals surface area contributed by atoms with Crippen LogP contribution < -0.4 is 10.5 Å². The Morgan fingerprint density at radius 1 is 0.808 bits per heavy atom. The van der Waals surface area contributed by atoms with Gasteiger partial charge in [0.1, 0.15) is 17.3 Å². The van der Waals surface area contributed by atoms with Crippen LogP contribution in [-0.4, -0.2) is 0 Å². The molecule has 0 amide bonds. The van der Waals surface area contributed by atoms with E-state index in [0.717, 1.165) is 16.7 Å². The molecule has 0 heterocycles. The van der Waals surface area contributed by atoms with Gasteiger partial charge in [0.2, 0.25) is 0 Å². The Bertz CT molecular complexity index is 845. The van der Waals surface area contributed by atoms with Crippen LogP contribution in [0.25, 0.3) is 0 Å². The van der Waals surface area contributed by atoms with Gasteiger partial charge in [-0.1, -0.05) is 30.3 Å². The van der Waals surface area contributed by atoms with Crippen LogP contribution in [0.2, 0.25) is 0 Å². The largest absolute Gasteiger partial charge is 0.457 e. The van der Waals surface area contributed by atoms with Crippen molar-refractivity contribution in [2.75, 3.05) is 0 Å². The monoisotopic (exact) mass is 351 g/mol. The Morgan fingerprint density at radius 3 is 2.08 bits per heavy atom. The van der Waals surface area contributed by atoms with Crippen molar-refractivity contribution in [2.45, 2.75) is 26.7 Å². The van der Waals surface area contributed by atoms with Gasteiger partial charge in [-0.3, -0.25) is 0 Å². The molecule has 3 aromatic rings. The van der Waals surface area contributed by atoms with Crippen LogP contribution in [0.4, 0.5) is 4.39 Å². The average molecular weight is 351 g/mol. The van der Waals surface area contributed by atoms with Crippen LogP contribution in [-0.2, 0) is 24.5 Å². The predicted molar refractivity (Wildman–Crippen MR) is 100 cm³/mol. The molecule has 0 aliphatic rings. The van der Waals surface area contributed by atoms with Gasteiger partial charge < -0.3 is 15.2 Å². The van der Waals surface area contributed by atoms with Crippen molar-refractivity contribution in [1.29, 1.82) is 0 Å². The fourth-order valence-electron chi connectivity index (χ4n) is 2.58. The lowest BCUT2D eigenvalue weighted by molar-refractivity contribution is 0.106. The summed E-state index contributed by atoms with van der Waals surface area (Å²) in [6, 6.07) is 19.8. The molecule has 0 saturated carbocycles. The summed E-state index contributed by atoms with van der Waals surface area (Å²) in [4.78, 5) is 0. The van der Waals surface area contributed by atoms with Crippen LogP contribution in [0.5, 0.6) is 11.5 Å². The van der Waals surface area contributed by atoms with Crippen LogP contribution >= 0.6 is 0 Å². The van der Waals surface area contributed by atoms with E-state index < -0.39 is 0 Å². The normalized spacial score (nSPS) is 10.7. The number of hydrogen-bond donors (Lipinski definition) is 1. The van der Waals surface area contributed by atoms with E-state index in [1.165, 1.54) is 17.7 Å². The van der Waals surface area contributed by atoms with Crippen molar-refractivity contribution in [3.63, 3.8) is 0 Å². The van der Waals surface area contributed by atoms with Crippen molar-refractivity contribution < 1.29 is 13.9 Å². The molecule has 3 rings (SSSR count). The van der Waals surface area contributed by atoms with Gasteiger partial charge in [-0.25, -0.2) is 4.39 Å². The fraction of sp³-hybridized carbons (Fsp3) is 0.182. The van der Waals surface area contributed by atoms with Gasteiger partial charge in [-0.15, -0.1) is 0 Å². The van der Waals surface area contributed by atoms with Crippen LogP contribution in [0, 0.1) is 12.7 Å². The van der Waals surface area contributed by atoms with E-state index in [0.29, 0.717) is 31.3 Å². The van der Waals surface area contributed by atoms with Crippen molar-refractivity contribution >= 4 is 0 Å². The molecule has 0 aliphatic carbocycles. The Balaban J connectivity index is 1.54. The maximum absolute atomic E-state index is 12.9. The molecule has 0 unspecified atom stereocenters. The molecule has 0 spiro atoms. The molecule has 0 bridgehead atoms. The first-order chi connectivity index (χ1) is 12.6. The van der Waals surface area contributed by atoms with Crippen LogP contribution in [0.15, 0.2) is 66.7 Å². The predicted octanol–water partition coefficient (Wildman–Crippen LogP) is 5.10. The number of hydrogen-bond acceptors (Lipinski definition) is 3. The summed E-state index contributed by atoms with van der Waals surface area (Å²) in [5, 5.41) is 0. The Morgan fingerprint density at radius 2 is 1.42 bits per heavy atom. The molecule has 0 saturated heterocycles. The van der Waals surface area contributed by atoms with Gasteiger partial charge in [0.15, 0.2) is 0 Å². The van der Waals surface area contributed by atoms with Crippen molar-refractivity contribution in [2.24, 2.45) is 5.73 Å².